The number of carbonyl (C=O) groups is 1. The molecule has 6 nitrogen and oxygen atoms in total. The van der Waals surface area contributed by atoms with Crippen LogP contribution < -0.4 is 15.6 Å². The number of aromatic nitrogens is 2. The normalized spacial score (nSPS) is 12.9. The Bertz CT molecular complexity index is 1100. The van der Waals surface area contributed by atoms with Gasteiger partial charge in [0.2, 0.25) is 5.91 Å². The lowest BCUT2D eigenvalue weighted by Gasteiger charge is -2.10. The molecule has 2 heterocycles. The van der Waals surface area contributed by atoms with Crippen LogP contribution in [0.3, 0.4) is 0 Å². The molecule has 1 aromatic carbocycles. The minimum Gasteiger partial charge on any atom is -0.495 e. The lowest BCUT2D eigenvalue weighted by molar-refractivity contribution is -0.113. The Labute approximate surface area is 170 Å². The van der Waals surface area contributed by atoms with E-state index in [2.05, 4.69) is 15.3 Å². The minimum atomic E-state index is -0.118. The van der Waals surface area contributed by atoms with E-state index in [1.807, 2.05) is 25.1 Å². The van der Waals surface area contributed by atoms with Crippen LogP contribution in [-0.2, 0) is 23.4 Å². The quantitative estimate of drug-likeness (QED) is 0.642. The Morgan fingerprint density at radius 2 is 2.25 bits per heavy atom. The molecular formula is C20H21N3O3S2. The summed E-state index contributed by atoms with van der Waals surface area (Å²) in [4.78, 5) is 34.4. The van der Waals surface area contributed by atoms with Gasteiger partial charge in [-0.2, -0.15) is 0 Å². The molecule has 0 radical (unpaired) electrons. The fourth-order valence-electron chi connectivity index (χ4n) is 3.46. The first-order valence-electron chi connectivity index (χ1n) is 9.11. The molecular weight excluding hydrogens is 394 g/mol. The summed E-state index contributed by atoms with van der Waals surface area (Å²) in [6.07, 6.45) is 3.13. The lowest BCUT2D eigenvalue weighted by Crippen LogP contribution is -2.16. The summed E-state index contributed by atoms with van der Waals surface area (Å²) in [5, 5.41) is 3.64. The number of thiophene rings is 1. The van der Waals surface area contributed by atoms with Crippen molar-refractivity contribution in [3.05, 3.63) is 50.4 Å². The molecule has 0 saturated heterocycles. The number of nitrogens with one attached hydrogen (secondary N) is 2. The van der Waals surface area contributed by atoms with E-state index in [0.717, 1.165) is 35.0 Å². The Balaban J connectivity index is 1.39. The summed E-state index contributed by atoms with van der Waals surface area (Å²) in [5.74, 6) is 1.87. The van der Waals surface area contributed by atoms with Gasteiger partial charge in [-0.05, 0) is 49.4 Å². The Morgan fingerprint density at radius 1 is 1.39 bits per heavy atom. The number of benzene rings is 1. The van der Waals surface area contributed by atoms with Gasteiger partial charge in [-0.15, -0.1) is 23.1 Å². The summed E-state index contributed by atoms with van der Waals surface area (Å²) in [5.41, 5.74) is 2.82. The van der Waals surface area contributed by atoms with Gasteiger partial charge in [-0.1, -0.05) is 6.07 Å². The highest BCUT2D eigenvalue weighted by molar-refractivity contribution is 7.99. The van der Waals surface area contributed by atoms with Gasteiger partial charge in [0, 0.05) is 4.88 Å². The lowest BCUT2D eigenvalue weighted by atomic mass is 10.2. The van der Waals surface area contributed by atoms with Crippen molar-refractivity contribution in [2.75, 3.05) is 18.2 Å². The van der Waals surface area contributed by atoms with Crippen molar-refractivity contribution in [1.29, 1.82) is 0 Å². The van der Waals surface area contributed by atoms with Crippen LogP contribution in [0.5, 0.6) is 5.75 Å². The van der Waals surface area contributed by atoms with E-state index in [4.69, 9.17) is 4.74 Å². The van der Waals surface area contributed by atoms with E-state index in [-0.39, 0.29) is 17.2 Å². The highest BCUT2D eigenvalue weighted by Crippen LogP contribution is 2.34. The number of hydrogen-bond acceptors (Lipinski definition) is 6. The van der Waals surface area contributed by atoms with Crippen LogP contribution >= 0.6 is 23.1 Å². The van der Waals surface area contributed by atoms with E-state index in [1.54, 1.807) is 18.4 Å². The van der Waals surface area contributed by atoms with Gasteiger partial charge in [-0.25, -0.2) is 4.98 Å². The summed E-state index contributed by atoms with van der Waals surface area (Å²) < 4.78 is 5.28. The van der Waals surface area contributed by atoms with Crippen LogP contribution in [0.1, 0.15) is 28.2 Å². The van der Waals surface area contributed by atoms with Crippen LogP contribution in [0.4, 0.5) is 5.69 Å². The van der Waals surface area contributed by atoms with Crippen LogP contribution in [0, 0.1) is 6.92 Å². The molecule has 146 valence electrons. The van der Waals surface area contributed by atoms with Gasteiger partial charge in [0.25, 0.3) is 5.56 Å². The average Bonchev–Trinajstić information content (AvgIpc) is 3.22. The molecule has 0 fully saturated rings. The SMILES string of the molecule is COc1ccc(C)cc1NC(=O)CSCc1nc2sc3c(c2c(=O)[nH]1)CCC3. The number of ether oxygens (including phenoxy) is 1. The number of amides is 1. The molecule has 1 aliphatic carbocycles. The minimum absolute atomic E-state index is 0.0612. The zero-order chi connectivity index (χ0) is 19.7. The smallest absolute Gasteiger partial charge is 0.259 e. The summed E-state index contributed by atoms with van der Waals surface area (Å²) in [7, 11) is 1.58. The Hall–Kier alpha value is -2.32. The predicted octanol–water partition coefficient (Wildman–Crippen LogP) is 3.66. The van der Waals surface area contributed by atoms with Gasteiger partial charge < -0.3 is 15.0 Å². The monoisotopic (exact) mass is 415 g/mol. The van der Waals surface area contributed by atoms with Crippen LogP contribution in [0.2, 0.25) is 0 Å². The number of anilines is 1. The molecule has 0 bridgehead atoms. The molecule has 0 saturated carbocycles. The maximum absolute atomic E-state index is 12.5. The van der Waals surface area contributed by atoms with E-state index >= 15 is 0 Å². The molecule has 3 aromatic rings. The highest BCUT2D eigenvalue weighted by Gasteiger charge is 2.21. The number of H-pyrrole nitrogens is 1. The van der Waals surface area contributed by atoms with Crippen LogP contribution in [0.25, 0.3) is 10.2 Å². The third-order valence-corrected chi connectivity index (χ3v) is 6.85. The van der Waals surface area contributed by atoms with E-state index in [9.17, 15) is 9.59 Å². The van der Waals surface area contributed by atoms with Gasteiger partial charge >= 0.3 is 0 Å². The fraction of sp³-hybridized carbons (Fsp3) is 0.350. The number of methoxy groups -OCH3 is 1. The molecule has 1 amide bonds. The predicted molar refractivity (Wildman–Crippen MR) is 115 cm³/mol. The average molecular weight is 416 g/mol. The first-order valence-corrected chi connectivity index (χ1v) is 11.1. The number of aryl methyl sites for hydroxylation is 3. The topological polar surface area (TPSA) is 84.1 Å². The van der Waals surface area contributed by atoms with Crippen molar-refractivity contribution in [3.63, 3.8) is 0 Å². The molecule has 1 aliphatic rings. The largest absolute Gasteiger partial charge is 0.495 e. The third kappa shape index (κ3) is 3.79. The second-order valence-electron chi connectivity index (χ2n) is 6.79. The number of carbonyl (C=O) groups excluding carboxylic acids is 1. The van der Waals surface area contributed by atoms with Gasteiger partial charge in [0.1, 0.15) is 16.4 Å². The molecule has 2 N–H and O–H groups in total. The number of fused-ring (bicyclic) bond motifs is 3. The van der Waals surface area contributed by atoms with Gasteiger partial charge in [0.05, 0.1) is 29.7 Å². The first kappa shape index (κ1) is 19.0. The van der Waals surface area contributed by atoms with Crippen molar-refractivity contribution in [2.45, 2.75) is 31.9 Å². The summed E-state index contributed by atoms with van der Waals surface area (Å²) in [6.45, 7) is 1.96. The maximum atomic E-state index is 12.5. The second kappa shape index (κ2) is 7.97. The molecule has 0 aliphatic heterocycles. The second-order valence-corrected chi connectivity index (χ2v) is 8.86. The van der Waals surface area contributed by atoms with Crippen LogP contribution in [0.15, 0.2) is 23.0 Å². The van der Waals surface area contributed by atoms with Crippen molar-refractivity contribution in [1.82, 2.24) is 9.97 Å². The standard InChI is InChI=1S/C20H21N3O3S2/c1-11-6-7-14(26-2)13(8-11)21-17(24)10-27-9-16-22-19(25)18-12-4-3-5-15(12)28-20(18)23-16/h6-8H,3-5,9-10H2,1-2H3,(H,21,24)(H,22,23,25). The zero-order valence-corrected chi connectivity index (χ0v) is 17.4. The van der Waals surface area contributed by atoms with Gasteiger partial charge in [-0.3, -0.25) is 9.59 Å². The van der Waals surface area contributed by atoms with E-state index in [1.165, 1.54) is 22.2 Å². The maximum Gasteiger partial charge on any atom is 0.259 e. The van der Waals surface area contributed by atoms with Crippen molar-refractivity contribution in [3.8, 4) is 5.75 Å². The highest BCUT2D eigenvalue weighted by atomic mass is 32.2. The number of nitrogens with zero attached hydrogens (tertiary/aromatic N) is 1. The fourth-order valence-corrected chi connectivity index (χ4v) is 5.43. The zero-order valence-electron chi connectivity index (χ0n) is 15.8. The van der Waals surface area contributed by atoms with Crippen molar-refractivity contribution < 1.29 is 9.53 Å². The Morgan fingerprint density at radius 3 is 3.07 bits per heavy atom. The van der Waals surface area contributed by atoms with Gasteiger partial charge in [0.15, 0.2) is 0 Å². The van der Waals surface area contributed by atoms with E-state index < -0.39 is 0 Å². The third-order valence-electron chi connectivity index (χ3n) is 4.73. The first-order chi connectivity index (χ1) is 13.5. The number of hydrogen-bond donors (Lipinski definition) is 2. The molecule has 4 rings (SSSR count). The molecule has 8 heteroatoms. The van der Waals surface area contributed by atoms with Crippen molar-refractivity contribution >= 4 is 44.9 Å². The number of rotatable bonds is 6. The number of aromatic amines is 1. The summed E-state index contributed by atoms with van der Waals surface area (Å²) >= 11 is 3.05. The number of thioether (sulfide) groups is 1. The molecule has 0 unspecified atom stereocenters. The van der Waals surface area contributed by atoms with Crippen molar-refractivity contribution in [2.24, 2.45) is 0 Å². The van der Waals surface area contributed by atoms with E-state index in [0.29, 0.717) is 23.0 Å². The van der Waals surface area contributed by atoms with Crippen LogP contribution in [-0.4, -0.2) is 28.7 Å². The molecule has 0 spiro atoms. The Kier molecular flexibility index (Phi) is 5.41. The molecule has 0 atom stereocenters. The molecule has 28 heavy (non-hydrogen) atoms. The summed E-state index contributed by atoms with van der Waals surface area (Å²) in [6, 6.07) is 5.65. The molecule has 2 aromatic heterocycles.